The van der Waals surface area contributed by atoms with E-state index in [0.29, 0.717) is 18.2 Å². The van der Waals surface area contributed by atoms with Gasteiger partial charge in [-0.25, -0.2) is 4.98 Å². The third-order valence-electron chi connectivity index (χ3n) is 6.56. The Morgan fingerprint density at radius 3 is 2.50 bits per heavy atom. The Labute approximate surface area is 207 Å². The fourth-order valence-electron chi connectivity index (χ4n) is 4.31. The van der Waals surface area contributed by atoms with Crippen molar-refractivity contribution in [1.82, 2.24) is 14.5 Å². The van der Waals surface area contributed by atoms with Gasteiger partial charge in [0.2, 0.25) is 0 Å². The Morgan fingerprint density at radius 2 is 1.82 bits per heavy atom. The molecular weight excluding hydrogens is 450 g/mol. The number of aromatic nitrogens is 2. The van der Waals surface area contributed by atoms with Gasteiger partial charge in [-0.2, -0.15) is 0 Å². The van der Waals surface area contributed by atoms with Crippen molar-refractivity contribution in [2.24, 2.45) is 0 Å². The van der Waals surface area contributed by atoms with Crippen LogP contribution in [0.2, 0.25) is 5.02 Å². The van der Waals surface area contributed by atoms with E-state index < -0.39 is 0 Å². The number of nitrogens with zero attached hydrogens (tertiary/aromatic N) is 3. The lowest BCUT2D eigenvalue weighted by atomic mass is 9.91. The van der Waals surface area contributed by atoms with Gasteiger partial charge in [0.1, 0.15) is 29.5 Å². The van der Waals surface area contributed by atoms with E-state index in [2.05, 4.69) is 38.7 Å². The van der Waals surface area contributed by atoms with Crippen molar-refractivity contribution >= 4 is 11.6 Å². The van der Waals surface area contributed by atoms with Crippen LogP contribution in [0, 0.1) is 6.92 Å². The Morgan fingerprint density at radius 1 is 1.03 bits per heavy atom. The maximum absolute atomic E-state index is 6.07. The molecule has 0 amide bonds. The highest BCUT2D eigenvalue weighted by molar-refractivity contribution is 6.30. The van der Waals surface area contributed by atoms with Crippen LogP contribution in [-0.2, 0) is 17.8 Å². The van der Waals surface area contributed by atoms with Gasteiger partial charge in [-0.15, -0.1) is 0 Å². The number of piperidine rings is 1. The molecule has 1 aliphatic heterocycles. The average Bonchev–Trinajstić information content (AvgIpc) is 3.27. The minimum Gasteiger partial charge on any atom is -0.494 e. The average molecular weight is 484 g/mol. The number of aryl methyl sites for hydroxylation is 2. The standard InChI is InChI=1S/C27H34ClN3O3/c1-22-29-13-17-31(22)14-4-18-33-25-9-7-23(8-10-25)20-30-15-11-27(32-2,12-16-30)21-34-26-6-3-5-24(28)19-26/h3,5-10,13,17,19H,4,11-12,14-16,18,20-21H2,1-2H3. The molecular formula is C27H34ClN3O3. The second-order valence-corrected chi connectivity index (χ2v) is 9.36. The minimum absolute atomic E-state index is 0.258. The molecule has 1 fully saturated rings. The zero-order chi connectivity index (χ0) is 23.8. The first kappa shape index (κ1) is 24.6. The van der Waals surface area contributed by atoms with Crippen LogP contribution < -0.4 is 9.47 Å². The monoisotopic (exact) mass is 483 g/mol. The van der Waals surface area contributed by atoms with Crippen LogP contribution in [0.15, 0.2) is 60.9 Å². The van der Waals surface area contributed by atoms with Gasteiger partial charge in [-0.3, -0.25) is 4.90 Å². The van der Waals surface area contributed by atoms with Gasteiger partial charge in [-0.1, -0.05) is 29.8 Å². The Hall–Kier alpha value is -2.54. The van der Waals surface area contributed by atoms with Gasteiger partial charge in [-0.05, 0) is 62.1 Å². The SMILES string of the molecule is COC1(COc2cccc(Cl)c2)CCN(Cc2ccc(OCCCn3ccnc3C)cc2)CC1. The second kappa shape index (κ2) is 11.7. The number of imidazole rings is 1. The molecule has 1 aliphatic rings. The van der Waals surface area contributed by atoms with E-state index in [1.165, 1.54) is 5.56 Å². The number of likely N-dealkylation sites (tertiary alicyclic amines) is 1. The van der Waals surface area contributed by atoms with Crippen LogP contribution in [0.4, 0.5) is 0 Å². The van der Waals surface area contributed by atoms with Crippen molar-refractivity contribution in [3.63, 3.8) is 0 Å². The van der Waals surface area contributed by atoms with E-state index in [-0.39, 0.29) is 5.60 Å². The molecule has 2 heterocycles. The lowest BCUT2D eigenvalue weighted by Gasteiger charge is -2.40. The van der Waals surface area contributed by atoms with Crippen LogP contribution in [0.1, 0.15) is 30.7 Å². The molecule has 0 saturated carbocycles. The summed E-state index contributed by atoms with van der Waals surface area (Å²) in [5, 5.41) is 0.680. The quantitative estimate of drug-likeness (QED) is 0.343. The number of methoxy groups -OCH3 is 1. The predicted molar refractivity (Wildman–Crippen MR) is 135 cm³/mol. The fourth-order valence-corrected chi connectivity index (χ4v) is 4.49. The van der Waals surface area contributed by atoms with E-state index >= 15 is 0 Å². The first-order valence-corrected chi connectivity index (χ1v) is 12.3. The molecule has 0 aliphatic carbocycles. The van der Waals surface area contributed by atoms with Crippen molar-refractivity contribution < 1.29 is 14.2 Å². The number of hydrogen-bond donors (Lipinski definition) is 0. The fraction of sp³-hybridized carbons (Fsp3) is 0.444. The summed E-state index contributed by atoms with van der Waals surface area (Å²) in [6.07, 6.45) is 6.66. The number of halogens is 1. The van der Waals surface area contributed by atoms with Crippen LogP contribution >= 0.6 is 11.6 Å². The summed E-state index contributed by atoms with van der Waals surface area (Å²) in [6.45, 7) is 7.04. The molecule has 0 unspecified atom stereocenters. The zero-order valence-corrected chi connectivity index (χ0v) is 20.8. The summed E-state index contributed by atoms with van der Waals surface area (Å²) in [5.41, 5.74) is 1.03. The highest BCUT2D eigenvalue weighted by Gasteiger charge is 2.35. The highest BCUT2D eigenvalue weighted by atomic mass is 35.5. The molecule has 1 saturated heterocycles. The summed E-state index contributed by atoms with van der Waals surface area (Å²) in [4.78, 5) is 6.72. The van der Waals surface area contributed by atoms with Gasteiger partial charge >= 0.3 is 0 Å². The molecule has 0 spiro atoms. The van der Waals surface area contributed by atoms with Crippen molar-refractivity contribution in [2.45, 2.75) is 44.9 Å². The van der Waals surface area contributed by atoms with E-state index in [9.17, 15) is 0 Å². The largest absolute Gasteiger partial charge is 0.494 e. The molecule has 34 heavy (non-hydrogen) atoms. The molecule has 1 aromatic heterocycles. The molecule has 0 radical (unpaired) electrons. The molecule has 6 nitrogen and oxygen atoms in total. The summed E-state index contributed by atoms with van der Waals surface area (Å²) < 4.78 is 20.0. The number of benzene rings is 2. The van der Waals surface area contributed by atoms with Gasteiger partial charge in [0.25, 0.3) is 0 Å². The predicted octanol–water partition coefficient (Wildman–Crippen LogP) is 5.37. The maximum atomic E-state index is 6.07. The lowest BCUT2D eigenvalue weighted by molar-refractivity contribution is -0.0839. The molecule has 7 heteroatoms. The third kappa shape index (κ3) is 6.75. The maximum Gasteiger partial charge on any atom is 0.120 e. The summed E-state index contributed by atoms with van der Waals surface area (Å²) in [7, 11) is 1.78. The highest BCUT2D eigenvalue weighted by Crippen LogP contribution is 2.29. The molecule has 3 aromatic rings. The summed E-state index contributed by atoms with van der Waals surface area (Å²) >= 11 is 6.07. The van der Waals surface area contributed by atoms with Gasteiger partial charge in [0, 0.05) is 50.7 Å². The van der Waals surface area contributed by atoms with Crippen molar-refractivity contribution in [3.8, 4) is 11.5 Å². The minimum atomic E-state index is -0.258. The normalized spacial score (nSPS) is 15.9. The first-order chi connectivity index (χ1) is 16.5. The van der Waals surface area contributed by atoms with E-state index in [1.807, 2.05) is 43.6 Å². The molecule has 4 rings (SSSR count). The topological polar surface area (TPSA) is 48.8 Å². The Kier molecular flexibility index (Phi) is 8.48. The van der Waals surface area contributed by atoms with Crippen molar-refractivity contribution in [1.29, 1.82) is 0 Å². The first-order valence-electron chi connectivity index (χ1n) is 11.9. The van der Waals surface area contributed by atoms with Crippen LogP contribution in [0.5, 0.6) is 11.5 Å². The number of hydrogen-bond acceptors (Lipinski definition) is 5. The summed E-state index contributed by atoms with van der Waals surface area (Å²) in [5.74, 6) is 2.74. The van der Waals surface area contributed by atoms with Gasteiger partial charge in [0.15, 0.2) is 0 Å². The van der Waals surface area contributed by atoms with Gasteiger partial charge < -0.3 is 18.8 Å². The number of ether oxygens (including phenoxy) is 3. The smallest absolute Gasteiger partial charge is 0.120 e. The van der Waals surface area contributed by atoms with Crippen LogP contribution in [-0.4, -0.2) is 53.5 Å². The molecule has 2 aromatic carbocycles. The third-order valence-corrected chi connectivity index (χ3v) is 6.80. The Bertz CT molecular complexity index is 1030. The molecule has 0 atom stereocenters. The van der Waals surface area contributed by atoms with E-state index in [0.717, 1.165) is 62.8 Å². The van der Waals surface area contributed by atoms with E-state index in [1.54, 1.807) is 7.11 Å². The lowest BCUT2D eigenvalue weighted by Crippen LogP contribution is -2.48. The van der Waals surface area contributed by atoms with E-state index in [4.69, 9.17) is 25.8 Å². The Balaban J connectivity index is 1.19. The van der Waals surface area contributed by atoms with Crippen LogP contribution in [0.25, 0.3) is 0 Å². The summed E-state index contributed by atoms with van der Waals surface area (Å²) in [6, 6.07) is 16.0. The number of rotatable bonds is 11. The van der Waals surface area contributed by atoms with Crippen molar-refractivity contribution in [2.75, 3.05) is 33.4 Å². The molecule has 0 N–H and O–H groups in total. The van der Waals surface area contributed by atoms with Crippen LogP contribution in [0.3, 0.4) is 0 Å². The zero-order valence-electron chi connectivity index (χ0n) is 20.1. The van der Waals surface area contributed by atoms with Gasteiger partial charge in [0.05, 0.1) is 6.61 Å². The van der Waals surface area contributed by atoms with Crippen molar-refractivity contribution in [3.05, 3.63) is 77.3 Å². The molecule has 182 valence electrons. The second-order valence-electron chi connectivity index (χ2n) is 8.92. The molecule has 0 bridgehead atoms.